The van der Waals surface area contributed by atoms with Crippen LogP contribution in [0.4, 0.5) is 0 Å². The average molecular weight is 1170 g/mol. The summed E-state index contributed by atoms with van der Waals surface area (Å²) in [5.74, 6) is 5.88. The Morgan fingerprint density at radius 3 is 1.08 bits per heavy atom. The van der Waals surface area contributed by atoms with E-state index in [1.54, 1.807) is 47.0 Å². The summed E-state index contributed by atoms with van der Waals surface area (Å²) in [5, 5.41) is 31.9. The van der Waals surface area contributed by atoms with Crippen molar-refractivity contribution in [3.05, 3.63) is 208 Å². The monoisotopic (exact) mass is 1160 g/mol. The fourth-order valence-corrected chi connectivity index (χ4v) is 21.5. The summed E-state index contributed by atoms with van der Waals surface area (Å²) in [5.41, 5.74) is 19.2. The second kappa shape index (κ2) is 22.2. The van der Waals surface area contributed by atoms with Crippen LogP contribution in [0.3, 0.4) is 0 Å². The minimum Gasteiger partial charge on any atom is -0.478 e. The normalized spacial score (nSPS) is 29.9. The number of aromatic carboxylic acids is 2. The molecule has 0 unspecified atom stereocenters. The van der Waals surface area contributed by atoms with Crippen molar-refractivity contribution in [1.82, 2.24) is 0 Å². The molecule has 0 spiro atoms. The summed E-state index contributed by atoms with van der Waals surface area (Å²) < 4.78 is 0. The van der Waals surface area contributed by atoms with Gasteiger partial charge in [0.25, 0.3) is 0 Å². The maximum atomic E-state index is 11.3. The molecular formula is C82H84O6. The highest BCUT2D eigenvalue weighted by Crippen LogP contribution is 2.64. The largest absolute Gasteiger partial charge is 0.478 e. The molecule has 0 atom stereocenters. The number of carbonyl (C=O) groups is 3. The molecule has 6 heteroatoms. The van der Waals surface area contributed by atoms with Gasteiger partial charge in [0.05, 0.1) is 11.1 Å². The lowest BCUT2D eigenvalue weighted by Gasteiger charge is -2.57. The van der Waals surface area contributed by atoms with E-state index < -0.39 is 17.9 Å². The van der Waals surface area contributed by atoms with Crippen LogP contribution in [-0.2, 0) is 21.0 Å². The van der Waals surface area contributed by atoms with Gasteiger partial charge in [-0.05, 0) is 342 Å². The molecule has 12 saturated carbocycles. The molecule has 12 aliphatic carbocycles. The zero-order valence-electron chi connectivity index (χ0n) is 51.6. The van der Waals surface area contributed by atoms with Gasteiger partial charge in [-0.15, -0.1) is 0 Å². The highest BCUT2D eigenvalue weighted by molar-refractivity contribution is 5.96. The van der Waals surface area contributed by atoms with Crippen molar-refractivity contribution >= 4 is 45.5 Å². The van der Waals surface area contributed by atoms with Gasteiger partial charge < -0.3 is 15.3 Å². The van der Waals surface area contributed by atoms with Crippen LogP contribution in [-0.4, -0.2) is 33.2 Å². The van der Waals surface area contributed by atoms with Gasteiger partial charge in [0.1, 0.15) is 0 Å². The van der Waals surface area contributed by atoms with E-state index in [0.29, 0.717) is 27.4 Å². The van der Waals surface area contributed by atoms with Gasteiger partial charge in [-0.2, -0.15) is 0 Å². The van der Waals surface area contributed by atoms with Crippen molar-refractivity contribution in [1.29, 1.82) is 0 Å². The minimum absolute atomic E-state index is 0.333. The number of aliphatic carboxylic acids is 1. The molecule has 0 radical (unpaired) electrons. The smallest absolute Gasteiger partial charge is 0.335 e. The zero-order valence-corrected chi connectivity index (χ0v) is 51.6. The van der Waals surface area contributed by atoms with Crippen LogP contribution in [0.2, 0.25) is 0 Å². The van der Waals surface area contributed by atoms with E-state index in [1.165, 1.54) is 171 Å². The number of carboxylic acids is 3. The number of hydrogen-bond acceptors (Lipinski definition) is 3. The predicted octanol–water partition coefficient (Wildman–Crippen LogP) is 20.2. The summed E-state index contributed by atoms with van der Waals surface area (Å²) >= 11 is 0. The van der Waals surface area contributed by atoms with Gasteiger partial charge in [0.2, 0.25) is 0 Å². The Morgan fingerprint density at radius 2 is 0.648 bits per heavy atom. The zero-order chi connectivity index (χ0) is 60.2. The average Bonchev–Trinajstić information content (AvgIpc) is 0.890. The lowest BCUT2D eigenvalue weighted by molar-refractivity contribution is -0.131. The van der Waals surface area contributed by atoms with Crippen LogP contribution in [0.15, 0.2) is 158 Å². The van der Waals surface area contributed by atoms with E-state index >= 15 is 0 Å². The van der Waals surface area contributed by atoms with Crippen molar-refractivity contribution in [3.8, 4) is 33.4 Å². The molecule has 6 nitrogen and oxygen atoms in total. The number of carboxylic acid groups (broad SMARTS) is 3. The molecule has 12 fully saturated rings. The summed E-state index contributed by atoms with van der Waals surface area (Å²) in [6.45, 7) is 6.90. The van der Waals surface area contributed by atoms with Crippen LogP contribution >= 0.6 is 0 Å². The SMILES string of the molecule is Cc1cc2ccc(-c3ccc(C(=O)O)cc3)cc2cc1C12CC3CC(CC(C3)C1)C2.Cc1ccc(-c2ccc(/C=C/C(=O)O)cc2)cc1C12CC3CC(CC(C3)C1)C2.Cc1ccc(-c2ccc3cc(C(=O)O)ccc3c2)cc1C12CC3CC(CC(C3)C1)C2. The molecular weight excluding hydrogens is 1080 g/mol. The Morgan fingerprint density at radius 1 is 0.330 bits per heavy atom. The maximum Gasteiger partial charge on any atom is 0.335 e. The molecule has 0 aromatic heterocycles. The lowest BCUT2D eigenvalue weighted by atomic mass is 9.47. The molecule has 0 saturated heterocycles. The van der Waals surface area contributed by atoms with Crippen molar-refractivity contribution in [2.45, 2.75) is 153 Å². The van der Waals surface area contributed by atoms with Crippen molar-refractivity contribution in [2.24, 2.45) is 53.3 Å². The number of rotatable bonds is 10. The van der Waals surface area contributed by atoms with E-state index in [-0.39, 0.29) is 0 Å². The molecule has 3 N–H and O–H groups in total. The first-order chi connectivity index (χ1) is 42.5. The third-order valence-electron chi connectivity index (χ3n) is 24.0. The fraction of sp³-hybridized carbons (Fsp3) is 0.402. The van der Waals surface area contributed by atoms with E-state index in [2.05, 4.69) is 118 Å². The second-order valence-electron chi connectivity index (χ2n) is 30.1. The minimum atomic E-state index is -0.914. The van der Waals surface area contributed by atoms with Gasteiger partial charge in [-0.1, -0.05) is 115 Å². The molecule has 8 aromatic rings. The Bertz CT molecular complexity index is 4000. The van der Waals surface area contributed by atoms with Crippen LogP contribution < -0.4 is 0 Å². The number of benzene rings is 8. The van der Waals surface area contributed by atoms with Gasteiger partial charge in [0, 0.05) is 6.08 Å². The van der Waals surface area contributed by atoms with Crippen molar-refractivity contribution in [3.63, 3.8) is 0 Å². The van der Waals surface area contributed by atoms with Gasteiger partial charge in [0.15, 0.2) is 0 Å². The summed E-state index contributed by atoms with van der Waals surface area (Å²) in [7, 11) is 0. The molecule has 12 aliphatic rings. The first-order valence-electron chi connectivity index (χ1n) is 33.4. The van der Waals surface area contributed by atoms with E-state index in [0.717, 1.165) is 80.7 Å². The highest BCUT2D eigenvalue weighted by atomic mass is 16.4. The quantitative estimate of drug-likeness (QED) is 0.118. The van der Waals surface area contributed by atoms with E-state index in [4.69, 9.17) is 10.2 Å². The van der Waals surface area contributed by atoms with Crippen LogP contribution in [0.1, 0.15) is 175 Å². The molecule has 0 amide bonds. The van der Waals surface area contributed by atoms with Crippen LogP contribution in [0, 0.1) is 74.0 Å². The van der Waals surface area contributed by atoms with Gasteiger partial charge >= 0.3 is 17.9 Å². The van der Waals surface area contributed by atoms with Gasteiger partial charge in [-0.25, -0.2) is 14.4 Å². The Balaban J connectivity index is 0.000000111. The summed E-state index contributed by atoms with van der Waals surface area (Å²) in [6.07, 6.45) is 28.6. The first-order valence-corrected chi connectivity index (χ1v) is 33.4. The van der Waals surface area contributed by atoms with Gasteiger partial charge in [-0.3, -0.25) is 0 Å². The first kappa shape index (κ1) is 56.9. The van der Waals surface area contributed by atoms with Crippen LogP contribution in [0.25, 0.3) is 61.0 Å². The van der Waals surface area contributed by atoms with E-state index in [1.807, 2.05) is 30.3 Å². The maximum absolute atomic E-state index is 11.3. The summed E-state index contributed by atoms with van der Waals surface area (Å²) in [6, 6.07) is 52.8. The van der Waals surface area contributed by atoms with Crippen LogP contribution in [0.5, 0.6) is 0 Å². The Hall–Kier alpha value is -7.57. The standard InChI is InChI=1S/2C28H28O2.C26H28O2/c1-17-8-23-6-7-24(21-2-4-22(5-3-21)27(29)30)12-25(23)13-26(17)28-14-18-9-19(15-28)11-20(10-18)16-28;1-17-2-3-24(22-4-5-23-12-25(27(29)30)7-6-21(23)11-22)13-26(17)28-14-18-8-19(15-28)10-20(9-18)16-28;1-17-2-6-23(22-7-3-18(4-8-22)5-9-25(27)28)13-24(17)26-14-19-10-20(15-26)12-21(11-19)16-26/h2-8,12-13,18-20H,9-11,14-16H2,1H3,(H,29,30);2-7,11-13,18-20H,8-10,14-16H2,1H3,(H,29,30);2-9,13,19-21H,10-12,14-16H2,1H3,(H,27,28)/b;;9-5+. The molecule has 0 aliphatic heterocycles. The fourth-order valence-electron chi connectivity index (χ4n) is 21.5. The molecule has 88 heavy (non-hydrogen) atoms. The molecule has 12 bridgehead atoms. The van der Waals surface area contributed by atoms with Crippen molar-refractivity contribution < 1.29 is 29.7 Å². The molecule has 8 aromatic carbocycles. The lowest BCUT2D eigenvalue weighted by Crippen LogP contribution is -2.48. The number of hydrogen-bond donors (Lipinski definition) is 3. The number of aryl methyl sites for hydroxylation is 3. The molecule has 448 valence electrons. The topological polar surface area (TPSA) is 112 Å². The predicted molar refractivity (Wildman–Crippen MR) is 355 cm³/mol. The Kier molecular flexibility index (Phi) is 14.3. The highest BCUT2D eigenvalue weighted by Gasteiger charge is 2.54. The number of fused-ring (bicyclic) bond motifs is 2. The molecule has 0 heterocycles. The molecule has 20 rings (SSSR count). The third kappa shape index (κ3) is 10.7. The second-order valence-corrected chi connectivity index (χ2v) is 30.1. The van der Waals surface area contributed by atoms with E-state index in [9.17, 15) is 19.5 Å². The Labute approximate surface area is 519 Å². The van der Waals surface area contributed by atoms with Crippen molar-refractivity contribution in [2.75, 3.05) is 0 Å². The summed E-state index contributed by atoms with van der Waals surface area (Å²) in [4.78, 5) is 33.1. The third-order valence-corrected chi connectivity index (χ3v) is 24.0.